The zero-order valence-corrected chi connectivity index (χ0v) is 14.7. The minimum absolute atomic E-state index is 0.685. The Morgan fingerprint density at radius 2 is 2.05 bits per heavy atom. The highest BCUT2D eigenvalue weighted by Crippen LogP contribution is 2.36. The van der Waals surface area contributed by atoms with Gasteiger partial charge in [0.1, 0.15) is 0 Å². The topological polar surface area (TPSA) is 30.5 Å². The third-order valence-corrected chi connectivity index (χ3v) is 4.30. The van der Waals surface area contributed by atoms with Crippen molar-refractivity contribution in [2.24, 2.45) is 0 Å². The van der Waals surface area contributed by atoms with Crippen LogP contribution in [0.5, 0.6) is 11.5 Å². The highest BCUT2D eigenvalue weighted by Gasteiger charge is 2.11. The van der Waals surface area contributed by atoms with Crippen molar-refractivity contribution in [3.05, 3.63) is 44.6 Å². The van der Waals surface area contributed by atoms with Crippen LogP contribution >= 0.6 is 27.3 Å². The zero-order chi connectivity index (χ0) is 15.1. The number of ether oxygens (including phenoxy) is 2. The van der Waals surface area contributed by atoms with Crippen LogP contribution in [0.25, 0.3) is 0 Å². The lowest BCUT2D eigenvalue weighted by molar-refractivity contribution is 0.292. The summed E-state index contributed by atoms with van der Waals surface area (Å²) in [6.45, 7) is 4.43. The number of hydrogen-bond donors (Lipinski definition) is 1. The standard InChI is InChI=1S/C16H20BrNO2S/c1-3-5-20-16-14(17)7-13(8-15(16)19-2)10-18-9-12-4-6-21-11-12/h4,6-8,11,18H,3,5,9-10H2,1-2H3. The zero-order valence-electron chi connectivity index (χ0n) is 12.3. The average Bonchev–Trinajstić information content (AvgIpc) is 2.99. The predicted molar refractivity (Wildman–Crippen MR) is 91.3 cm³/mol. The molecule has 0 spiro atoms. The van der Waals surface area contributed by atoms with E-state index in [1.54, 1.807) is 18.4 Å². The van der Waals surface area contributed by atoms with Gasteiger partial charge < -0.3 is 14.8 Å². The number of benzene rings is 1. The molecule has 1 heterocycles. The summed E-state index contributed by atoms with van der Waals surface area (Å²) in [6.07, 6.45) is 0.972. The molecular formula is C16H20BrNO2S. The summed E-state index contributed by atoms with van der Waals surface area (Å²) >= 11 is 5.29. The second-order valence-corrected chi connectivity index (χ2v) is 6.33. The summed E-state index contributed by atoms with van der Waals surface area (Å²) < 4.78 is 12.1. The third kappa shape index (κ3) is 4.73. The Morgan fingerprint density at radius 3 is 2.71 bits per heavy atom. The molecule has 0 fully saturated rings. The lowest BCUT2D eigenvalue weighted by atomic mass is 10.2. The van der Waals surface area contributed by atoms with Gasteiger partial charge in [-0.3, -0.25) is 0 Å². The largest absolute Gasteiger partial charge is 0.493 e. The number of halogens is 1. The van der Waals surface area contributed by atoms with Crippen molar-refractivity contribution < 1.29 is 9.47 Å². The van der Waals surface area contributed by atoms with Crippen molar-refractivity contribution in [2.75, 3.05) is 13.7 Å². The Morgan fingerprint density at radius 1 is 1.24 bits per heavy atom. The van der Waals surface area contributed by atoms with Gasteiger partial charge in [-0.25, -0.2) is 0 Å². The van der Waals surface area contributed by atoms with Gasteiger partial charge in [0.05, 0.1) is 18.2 Å². The molecule has 0 atom stereocenters. The van der Waals surface area contributed by atoms with E-state index in [1.165, 1.54) is 5.56 Å². The van der Waals surface area contributed by atoms with Gasteiger partial charge in [-0.2, -0.15) is 11.3 Å². The summed E-state index contributed by atoms with van der Waals surface area (Å²) in [5.41, 5.74) is 2.48. The van der Waals surface area contributed by atoms with Crippen molar-refractivity contribution in [3.8, 4) is 11.5 Å². The summed E-state index contributed by atoms with van der Waals surface area (Å²) in [5.74, 6) is 1.55. The van der Waals surface area contributed by atoms with E-state index in [1.807, 2.05) is 6.07 Å². The van der Waals surface area contributed by atoms with Crippen LogP contribution in [-0.4, -0.2) is 13.7 Å². The molecule has 3 nitrogen and oxygen atoms in total. The molecule has 114 valence electrons. The molecule has 0 bridgehead atoms. The summed E-state index contributed by atoms with van der Waals surface area (Å²) in [7, 11) is 1.67. The van der Waals surface area contributed by atoms with E-state index in [0.717, 1.165) is 41.0 Å². The monoisotopic (exact) mass is 369 g/mol. The molecule has 1 N–H and O–H groups in total. The first-order valence-electron chi connectivity index (χ1n) is 6.95. The van der Waals surface area contributed by atoms with Crippen molar-refractivity contribution in [1.82, 2.24) is 5.32 Å². The van der Waals surface area contributed by atoms with Gasteiger partial charge in [0, 0.05) is 13.1 Å². The lowest BCUT2D eigenvalue weighted by Crippen LogP contribution is -2.12. The van der Waals surface area contributed by atoms with E-state index in [2.05, 4.69) is 51.1 Å². The minimum Gasteiger partial charge on any atom is -0.493 e. The molecule has 0 aliphatic heterocycles. The van der Waals surface area contributed by atoms with Crippen LogP contribution in [0, 0.1) is 0 Å². The molecule has 2 aromatic rings. The predicted octanol–water partition coefficient (Wildman–Crippen LogP) is 4.60. The van der Waals surface area contributed by atoms with Crippen LogP contribution in [0.15, 0.2) is 33.4 Å². The first-order chi connectivity index (χ1) is 10.2. The SMILES string of the molecule is CCCOc1c(Br)cc(CNCc2ccsc2)cc1OC. The highest BCUT2D eigenvalue weighted by atomic mass is 79.9. The van der Waals surface area contributed by atoms with Crippen molar-refractivity contribution in [1.29, 1.82) is 0 Å². The van der Waals surface area contributed by atoms with Crippen molar-refractivity contribution >= 4 is 27.3 Å². The molecule has 21 heavy (non-hydrogen) atoms. The van der Waals surface area contributed by atoms with Gasteiger partial charge in [0.2, 0.25) is 0 Å². The Kier molecular flexibility index (Phi) is 6.54. The van der Waals surface area contributed by atoms with Crippen LogP contribution in [0.2, 0.25) is 0 Å². The maximum Gasteiger partial charge on any atom is 0.175 e. The molecule has 0 saturated carbocycles. The molecule has 0 saturated heterocycles. The first kappa shape index (κ1) is 16.3. The van der Waals surface area contributed by atoms with E-state index in [4.69, 9.17) is 9.47 Å². The van der Waals surface area contributed by atoms with Gasteiger partial charge >= 0.3 is 0 Å². The molecule has 2 rings (SSSR count). The molecule has 1 aromatic carbocycles. The Hall–Kier alpha value is -1.04. The van der Waals surface area contributed by atoms with Crippen LogP contribution in [0.3, 0.4) is 0 Å². The number of hydrogen-bond acceptors (Lipinski definition) is 4. The number of rotatable bonds is 8. The molecule has 0 aliphatic carbocycles. The summed E-state index contributed by atoms with van der Waals surface area (Å²) in [5, 5.41) is 7.69. The van der Waals surface area contributed by atoms with E-state index in [-0.39, 0.29) is 0 Å². The molecule has 0 aliphatic rings. The van der Waals surface area contributed by atoms with Gasteiger partial charge in [-0.15, -0.1) is 0 Å². The summed E-state index contributed by atoms with van der Waals surface area (Å²) in [4.78, 5) is 0. The smallest absolute Gasteiger partial charge is 0.175 e. The minimum atomic E-state index is 0.685. The fraction of sp³-hybridized carbons (Fsp3) is 0.375. The average molecular weight is 370 g/mol. The van der Waals surface area contributed by atoms with Gasteiger partial charge in [-0.05, 0) is 62.4 Å². The van der Waals surface area contributed by atoms with E-state index >= 15 is 0 Å². The number of thiophene rings is 1. The fourth-order valence-corrected chi connectivity index (χ4v) is 3.24. The second-order valence-electron chi connectivity index (χ2n) is 4.69. The maximum atomic E-state index is 5.74. The molecular weight excluding hydrogens is 350 g/mol. The molecule has 0 radical (unpaired) electrons. The van der Waals surface area contributed by atoms with Gasteiger partial charge in [0.25, 0.3) is 0 Å². The number of methoxy groups -OCH3 is 1. The van der Waals surface area contributed by atoms with Gasteiger partial charge in [0.15, 0.2) is 11.5 Å². The van der Waals surface area contributed by atoms with E-state index in [9.17, 15) is 0 Å². The molecule has 0 amide bonds. The third-order valence-electron chi connectivity index (χ3n) is 2.98. The van der Waals surface area contributed by atoms with Crippen LogP contribution in [-0.2, 0) is 13.1 Å². The highest BCUT2D eigenvalue weighted by molar-refractivity contribution is 9.10. The maximum absolute atomic E-state index is 5.74. The molecule has 5 heteroatoms. The molecule has 0 unspecified atom stereocenters. The number of nitrogens with one attached hydrogen (secondary N) is 1. The first-order valence-corrected chi connectivity index (χ1v) is 8.69. The Bertz CT molecular complexity index is 558. The van der Waals surface area contributed by atoms with E-state index in [0.29, 0.717) is 6.61 Å². The lowest BCUT2D eigenvalue weighted by Gasteiger charge is -2.14. The van der Waals surface area contributed by atoms with Crippen molar-refractivity contribution in [2.45, 2.75) is 26.4 Å². The van der Waals surface area contributed by atoms with Crippen LogP contribution < -0.4 is 14.8 Å². The Labute approximate surface area is 138 Å². The van der Waals surface area contributed by atoms with Crippen LogP contribution in [0.4, 0.5) is 0 Å². The normalized spacial score (nSPS) is 10.6. The fourth-order valence-electron chi connectivity index (χ4n) is 1.96. The Balaban J connectivity index is 2.01. The second kappa shape index (κ2) is 8.41. The quantitative estimate of drug-likeness (QED) is 0.737. The summed E-state index contributed by atoms with van der Waals surface area (Å²) in [6, 6.07) is 6.24. The van der Waals surface area contributed by atoms with Crippen molar-refractivity contribution in [3.63, 3.8) is 0 Å². The molecule has 1 aromatic heterocycles. The van der Waals surface area contributed by atoms with Gasteiger partial charge in [-0.1, -0.05) is 6.92 Å². The van der Waals surface area contributed by atoms with Crippen LogP contribution in [0.1, 0.15) is 24.5 Å². The van der Waals surface area contributed by atoms with E-state index < -0.39 is 0 Å².